The van der Waals surface area contributed by atoms with E-state index in [2.05, 4.69) is 10.3 Å². The predicted octanol–water partition coefficient (Wildman–Crippen LogP) is 4.01. The third kappa shape index (κ3) is 4.16. The van der Waals surface area contributed by atoms with Gasteiger partial charge in [0.15, 0.2) is 11.5 Å². The van der Waals surface area contributed by atoms with Crippen molar-refractivity contribution in [2.75, 3.05) is 19.5 Å². The van der Waals surface area contributed by atoms with Gasteiger partial charge in [0.25, 0.3) is 0 Å². The summed E-state index contributed by atoms with van der Waals surface area (Å²) in [5, 5.41) is 5.60. The lowest BCUT2D eigenvalue weighted by molar-refractivity contribution is -0.115. The van der Waals surface area contributed by atoms with Crippen molar-refractivity contribution >= 4 is 22.9 Å². The number of amides is 1. The number of benzene rings is 2. The minimum atomic E-state index is -0.0876. The second kappa shape index (κ2) is 7.81. The molecule has 0 aliphatic rings. The van der Waals surface area contributed by atoms with Gasteiger partial charge in [0.1, 0.15) is 5.01 Å². The predicted molar refractivity (Wildman–Crippen MR) is 99.4 cm³/mol. The maximum atomic E-state index is 12.1. The molecule has 1 N–H and O–H groups in total. The number of nitrogens with zero attached hydrogens (tertiary/aromatic N) is 1. The molecule has 5 nitrogen and oxygen atoms in total. The lowest BCUT2D eigenvalue weighted by Crippen LogP contribution is -2.14. The van der Waals surface area contributed by atoms with Gasteiger partial charge in [-0.3, -0.25) is 4.79 Å². The molecular formula is C19H18N2O3S. The van der Waals surface area contributed by atoms with Gasteiger partial charge in [-0.25, -0.2) is 4.98 Å². The fraction of sp³-hybridized carbons (Fsp3) is 0.158. The van der Waals surface area contributed by atoms with Crippen LogP contribution in [0.2, 0.25) is 0 Å². The second-order valence-electron chi connectivity index (χ2n) is 5.30. The Morgan fingerprint density at radius 3 is 2.56 bits per heavy atom. The first-order chi connectivity index (χ1) is 12.2. The molecule has 0 bridgehead atoms. The molecule has 0 aliphatic carbocycles. The maximum absolute atomic E-state index is 12.1. The van der Waals surface area contributed by atoms with Gasteiger partial charge in [-0.1, -0.05) is 18.2 Å². The van der Waals surface area contributed by atoms with E-state index in [4.69, 9.17) is 9.47 Å². The minimum Gasteiger partial charge on any atom is -0.493 e. The van der Waals surface area contributed by atoms with E-state index in [9.17, 15) is 4.79 Å². The molecule has 1 heterocycles. The van der Waals surface area contributed by atoms with Crippen LogP contribution in [0.4, 0.5) is 5.69 Å². The van der Waals surface area contributed by atoms with Crippen molar-refractivity contribution in [1.82, 2.24) is 4.98 Å². The van der Waals surface area contributed by atoms with Crippen molar-refractivity contribution in [2.45, 2.75) is 6.42 Å². The zero-order valence-corrected chi connectivity index (χ0v) is 14.8. The molecule has 0 saturated heterocycles. The van der Waals surface area contributed by atoms with Crippen LogP contribution < -0.4 is 14.8 Å². The Labute approximate surface area is 150 Å². The molecule has 1 amide bonds. The summed E-state index contributed by atoms with van der Waals surface area (Å²) in [7, 11) is 3.20. The lowest BCUT2D eigenvalue weighted by Gasteiger charge is -2.08. The smallest absolute Gasteiger partial charge is 0.230 e. The van der Waals surface area contributed by atoms with Gasteiger partial charge in [-0.15, -0.1) is 11.3 Å². The van der Waals surface area contributed by atoms with Crippen LogP contribution in [0.1, 0.15) is 5.69 Å². The van der Waals surface area contributed by atoms with E-state index in [-0.39, 0.29) is 12.3 Å². The highest BCUT2D eigenvalue weighted by atomic mass is 32.1. The van der Waals surface area contributed by atoms with Crippen molar-refractivity contribution < 1.29 is 14.3 Å². The van der Waals surface area contributed by atoms with Crippen molar-refractivity contribution in [3.05, 3.63) is 59.6 Å². The number of carbonyl (C=O) groups excluding carboxylic acids is 1. The fourth-order valence-electron chi connectivity index (χ4n) is 2.38. The molecule has 0 unspecified atom stereocenters. The SMILES string of the molecule is COc1ccc(-c2nc(CC(=O)Nc3ccccc3)cs2)cc1OC. The Balaban J connectivity index is 1.71. The maximum Gasteiger partial charge on any atom is 0.230 e. The summed E-state index contributed by atoms with van der Waals surface area (Å²) in [5.41, 5.74) is 2.45. The molecule has 0 aliphatic heterocycles. The van der Waals surface area contributed by atoms with Crippen LogP contribution in [0.5, 0.6) is 11.5 Å². The molecule has 0 saturated carbocycles. The van der Waals surface area contributed by atoms with Crippen LogP contribution in [0.25, 0.3) is 10.6 Å². The van der Waals surface area contributed by atoms with Gasteiger partial charge >= 0.3 is 0 Å². The van der Waals surface area contributed by atoms with Crippen molar-refractivity contribution in [2.24, 2.45) is 0 Å². The topological polar surface area (TPSA) is 60.5 Å². The first kappa shape index (κ1) is 17.0. The van der Waals surface area contributed by atoms with Gasteiger partial charge in [0.2, 0.25) is 5.91 Å². The molecule has 0 atom stereocenters. The fourth-order valence-corrected chi connectivity index (χ4v) is 3.20. The van der Waals surface area contributed by atoms with Crippen LogP contribution >= 0.6 is 11.3 Å². The number of hydrogen-bond acceptors (Lipinski definition) is 5. The number of aromatic nitrogens is 1. The zero-order valence-electron chi connectivity index (χ0n) is 14.0. The third-order valence-corrected chi connectivity index (χ3v) is 4.52. The Kier molecular flexibility index (Phi) is 5.30. The van der Waals surface area contributed by atoms with E-state index >= 15 is 0 Å². The van der Waals surface area contributed by atoms with Crippen molar-refractivity contribution in [3.8, 4) is 22.1 Å². The van der Waals surface area contributed by atoms with E-state index in [1.807, 2.05) is 53.9 Å². The number of methoxy groups -OCH3 is 2. The number of thiazole rings is 1. The third-order valence-electron chi connectivity index (χ3n) is 3.58. The summed E-state index contributed by atoms with van der Waals surface area (Å²) < 4.78 is 10.6. The van der Waals surface area contributed by atoms with Crippen LogP contribution in [0.3, 0.4) is 0 Å². The second-order valence-corrected chi connectivity index (χ2v) is 6.16. The first-order valence-corrected chi connectivity index (χ1v) is 8.59. The number of nitrogens with one attached hydrogen (secondary N) is 1. The molecule has 3 aromatic rings. The van der Waals surface area contributed by atoms with E-state index in [0.29, 0.717) is 11.5 Å². The summed E-state index contributed by atoms with van der Waals surface area (Å²) >= 11 is 1.50. The quantitative estimate of drug-likeness (QED) is 0.727. The standard InChI is InChI=1S/C19H18N2O3S/c1-23-16-9-8-13(10-17(16)24-2)19-21-15(12-25-19)11-18(22)20-14-6-4-3-5-7-14/h3-10,12H,11H2,1-2H3,(H,20,22). The molecule has 2 aromatic carbocycles. The molecule has 6 heteroatoms. The summed E-state index contributed by atoms with van der Waals surface area (Å²) in [5.74, 6) is 1.24. The molecule has 25 heavy (non-hydrogen) atoms. The van der Waals surface area contributed by atoms with Crippen LogP contribution in [0, 0.1) is 0 Å². The first-order valence-electron chi connectivity index (χ1n) is 7.71. The molecule has 0 spiro atoms. The number of ether oxygens (including phenoxy) is 2. The van der Waals surface area contributed by atoms with E-state index in [1.165, 1.54) is 11.3 Å². The van der Waals surface area contributed by atoms with Crippen LogP contribution in [-0.2, 0) is 11.2 Å². The number of para-hydroxylation sites is 1. The number of carbonyl (C=O) groups is 1. The average Bonchev–Trinajstić information content (AvgIpc) is 3.10. The summed E-state index contributed by atoms with van der Waals surface area (Å²) in [4.78, 5) is 16.7. The van der Waals surface area contributed by atoms with Gasteiger partial charge < -0.3 is 14.8 Å². The normalized spacial score (nSPS) is 10.3. The number of rotatable bonds is 6. The monoisotopic (exact) mass is 354 g/mol. The minimum absolute atomic E-state index is 0.0876. The zero-order chi connectivity index (χ0) is 17.6. The Hall–Kier alpha value is -2.86. The summed E-state index contributed by atoms with van der Waals surface area (Å²) in [6, 6.07) is 15.0. The Morgan fingerprint density at radius 2 is 1.84 bits per heavy atom. The summed E-state index contributed by atoms with van der Waals surface area (Å²) in [6.45, 7) is 0. The molecule has 0 radical (unpaired) electrons. The molecule has 128 valence electrons. The largest absolute Gasteiger partial charge is 0.493 e. The Morgan fingerprint density at radius 1 is 1.08 bits per heavy atom. The number of hydrogen-bond donors (Lipinski definition) is 1. The lowest BCUT2D eigenvalue weighted by atomic mass is 10.2. The summed E-state index contributed by atoms with van der Waals surface area (Å²) in [6.07, 6.45) is 0.235. The van der Waals surface area contributed by atoms with Crippen molar-refractivity contribution in [3.63, 3.8) is 0 Å². The Bertz CT molecular complexity index is 862. The van der Waals surface area contributed by atoms with Gasteiger partial charge in [-0.05, 0) is 30.3 Å². The molecular weight excluding hydrogens is 336 g/mol. The van der Waals surface area contributed by atoms with Crippen molar-refractivity contribution in [1.29, 1.82) is 0 Å². The van der Waals surface area contributed by atoms with E-state index < -0.39 is 0 Å². The highest BCUT2D eigenvalue weighted by molar-refractivity contribution is 7.13. The van der Waals surface area contributed by atoms with E-state index in [0.717, 1.165) is 22.0 Å². The van der Waals surface area contributed by atoms with Gasteiger partial charge in [0, 0.05) is 16.6 Å². The molecule has 0 fully saturated rings. The highest BCUT2D eigenvalue weighted by Gasteiger charge is 2.12. The van der Waals surface area contributed by atoms with Crippen LogP contribution in [-0.4, -0.2) is 25.1 Å². The van der Waals surface area contributed by atoms with Gasteiger partial charge in [0.05, 0.1) is 26.3 Å². The molecule has 3 rings (SSSR count). The number of anilines is 1. The highest BCUT2D eigenvalue weighted by Crippen LogP contribution is 2.33. The van der Waals surface area contributed by atoms with Crippen LogP contribution in [0.15, 0.2) is 53.9 Å². The molecule has 1 aromatic heterocycles. The van der Waals surface area contributed by atoms with E-state index in [1.54, 1.807) is 14.2 Å². The van der Waals surface area contributed by atoms with Gasteiger partial charge in [-0.2, -0.15) is 0 Å². The average molecular weight is 354 g/mol.